The molecule has 0 unspecified atom stereocenters. The molecule has 1 aromatic rings. The highest BCUT2D eigenvalue weighted by Gasteiger charge is 2.43. The molecule has 3 aliphatic rings. The Labute approximate surface area is 120 Å². The average Bonchev–Trinajstić information content (AvgIpc) is 3.33. The molecule has 0 saturated heterocycles. The van der Waals surface area contributed by atoms with Gasteiger partial charge in [-0.2, -0.15) is 0 Å². The Morgan fingerprint density at radius 3 is 2.30 bits per heavy atom. The van der Waals surface area contributed by atoms with Crippen LogP contribution in [0.15, 0.2) is 23.1 Å². The molecule has 4 rings (SSSR count). The SMILES string of the molecule is O=S(=O)(NC(C1CC1)C1CC1)c1ccc2c(c1)CCC2. The topological polar surface area (TPSA) is 46.2 Å². The lowest BCUT2D eigenvalue weighted by Gasteiger charge is -2.18. The summed E-state index contributed by atoms with van der Waals surface area (Å²) >= 11 is 0. The van der Waals surface area contributed by atoms with Crippen LogP contribution in [0.1, 0.15) is 43.2 Å². The summed E-state index contributed by atoms with van der Waals surface area (Å²) in [4.78, 5) is 0.462. The standard InChI is InChI=1S/C16H21NO2S/c18-20(19,17-16(12-4-5-12)13-6-7-13)15-9-8-11-2-1-3-14(11)10-15/h8-10,12-13,16-17H,1-7H2. The van der Waals surface area contributed by atoms with E-state index in [-0.39, 0.29) is 6.04 Å². The molecule has 0 spiro atoms. The molecule has 2 saturated carbocycles. The van der Waals surface area contributed by atoms with Crippen LogP contribution in [0.3, 0.4) is 0 Å². The van der Waals surface area contributed by atoms with Crippen molar-refractivity contribution in [2.24, 2.45) is 11.8 Å². The van der Waals surface area contributed by atoms with Gasteiger partial charge in [-0.25, -0.2) is 13.1 Å². The predicted molar refractivity (Wildman–Crippen MR) is 78.0 cm³/mol. The smallest absolute Gasteiger partial charge is 0.208 e. The highest BCUT2D eigenvalue weighted by molar-refractivity contribution is 7.89. The first-order valence-corrected chi connectivity index (χ1v) is 9.26. The predicted octanol–water partition coefficient (Wildman–Crippen LogP) is 2.64. The number of hydrogen-bond acceptors (Lipinski definition) is 2. The molecule has 108 valence electrons. The summed E-state index contributed by atoms with van der Waals surface area (Å²) in [6.45, 7) is 0. The fourth-order valence-corrected chi connectivity index (χ4v) is 4.87. The van der Waals surface area contributed by atoms with Gasteiger partial charge in [-0.3, -0.25) is 0 Å². The molecular formula is C16H21NO2S. The van der Waals surface area contributed by atoms with Crippen molar-refractivity contribution >= 4 is 10.0 Å². The van der Waals surface area contributed by atoms with Gasteiger partial charge in [0.1, 0.15) is 0 Å². The Balaban J connectivity index is 1.59. The second-order valence-electron chi connectivity index (χ2n) is 6.61. The third-order valence-corrected chi connectivity index (χ3v) is 6.39. The van der Waals surface area contributed by atoms with Gasteiger partial charge >= 0.3 is 0 Å². The largest absolute Gasteiger partial charge is 0.240 e. The van der Waals surface area contributed by atoms with Gasteiger partial charge in [0.25, 0.3) is 0 Å². The molecule has 0 radical (unpaired) electrons. The number of benzene rings is 1. The first-order chi connectivity index (χ1) is 9.63. The Bertz CT molecular complexity index is 618. The van der Waals surface area contributed by atoms with Gasteiger partial charge < -0.3 is 0 Å². The average molecular weight is 291 g/mol. The molecule has 2 fully saturated rings. The van der Waals surface area contributed by atoms with E-state index in [0.717, 1.165) is 19.3 Å². The quantitative estimate of drug-likeness (QED) is 0.906. The summed E-state index contributed by atoms with van der Waals surface area (Å²) < 4.78 is 28.2. The van der Waals surface area contributed by atoms with E-state index in [0.29, 0.717) is 16.7 Å². The van der Waals surface area contributed by atoms with Gasteiger partial charge in [0.15, 0.2) is 0 Å². The molecule has 1 N–H and O–H groups in total. The molecule has 0 aliphatic heterocycles. The number of rotatable bonds is 5. The molecular weight excluding hydrogens is 270 g/mol. The Morgan fingerprint density at radius 2 is 1.65 bits per heavy atom. The van der Waals surface area contributed by atoms with Crippen LogP contribution in [0.5, 0.6) is 0 Å². The zero-order chi connectivity index (χ0) is 13.7. The second-order valence-corrected chi connectivity index (χ2v) is 8.32. The highest BCUT2D eigenvalue weighted by atomic mass is 32.2. The fraction of sp³-hybridized carbons (Fsp3) is 0.625. The third-order valence-electron chi connectivity index (χ3n) is 4.93. The van der Waals surface area contributed by atoms with Crippen LogP contribution < -0.4 is 4.72 Å². The Kier molecular flexibility index (Phi) is 2.93. The second kappa shape index (κ2) is 4.57. The zero-order valence-electron chi connectivity index (χ0n) is 11.6. The number of aryl methyl sites for hydroxylation is 2. The summed E-state index contributed by atoms with van der Waals surface area (Å²) in [5.74, 6) is 1.18. The maximum absolute atomic E-state index is 12.6. The summed E-state index contributed by atoms with van der Waals surface area (Å²) in [7, 11) is -3.34. The Hall–Kier alpha value is -0.870. The zero-order valence-corrected chi connectivity index (χ0v) is 12.5. The van der Waals surface area contributed by atoms with Crippen LogP contribution in [-0.4, -0.2) is 14.5 Å². The fourth-order valence-electron chi connectivity index (χ4n) is 3.45. The van der Waals surface area contributed by atoms with Crippen LogP contribution in [0.4, 0.5) is 0 Å². The van der Waals surface area contributed by atoms with E-state index in [4.69, 9.17) is 0 Å². The normalized spacial score (nSPS) is 22.2. The van der Waals surface area contributed by atoms with Crippen LogP contribution in [-0.2, 0) is 22.9 Å². The van der Waals surface area contributed by atoms with Gasteiger partial charge in [0.05, 0.1) is 4.90 Å². The Morgan fingerprint density at radius 1 is 1.00 bits per heavy atom. The van der Waals surface area contributed by atoms with Crippen molar-refractivity contribution in [3.05, 3.63) is 29.3 Å². The summed E-state index contributed by atoms with van der Waals surface area (Å²) in [6, 6.07) is 5.86. The summed E-state index contributed by atoms with van der Waals surface area (Å²) in [5.41, 5.74) is 2.55. The van der Waals surface area contributed by atoms with Crippen molar-refractivity contribution in [3.8, 4) is 0 Å². The van der Waals surface area contributed by atoms with Gasteiger partial charge in [-0.15, -0.1) is 0 Å². The molecule has 0 amide bonds. The molecule has 0 aromatic heterocycles. The molecule has 0 atom stereocenters. The van der Waals surface area contributed by atoms with E-state index in [1.807, 2.05) is 12.1 Å². The van der Waals surface area contributed by atoms with Gasteiger partial charge in [0, 0.05) is 6.04 Å². The van der Waals surface area contributed by atoms with Crippen molar-refractivity contribution in [3.63, 3.8) is 0 Å². The number of fused-ring (bicyclic) bond motifs is 1. The third kappa shape index (κ3) is 2.40. The lowest BCUT2D eigenvalue weighted by Crippen LogP contribution is -2.38. The number of hydrogen-bond donors (Lipinski definition) is 1. The van der Waals surface area contributed by atoms with E-state index in [9.17, 15) is 8.42 Å². The van der Waals surface area contributed by atoms with Gasteiger partial charge in [-0.05, 0) is 80.0 Å². The van der Waals surface area contributed by atoms with E-state index < -0.39 is 10.0 Å². The van der Waals surface area contributed by atoms with E-state index in [1.165, 1.54) is 36.8 Å². The van der Waals surface area contributed by atoms with E-state index in [1.54, 1.807) is 6.07 Å². The monoisotopic (exact) mass is 291 g/mol. The minimum atomic E-state index is -3.34. The first-order valence-electron chi connectivity index (χ1n) is 7.78. The molecule has 3 aliphatic carbocycles. The minimum absolute atomic E-state index is 0.188. The maximum atomic E-state index is 12.6. The first kappa shape index (κ1) is 12.8. The van der Waals surface area contributed by atoms with Crippen LogP contribution in [0, 0.1) is 11.8 Å². The van der Waals surface area contributed by atoms with Crippen molar-refractivity contribution in [1.82, 2.24) is 4.72 Å². The van der Waals surface area contributed by atoms with Gasteiger partial charge in [0.2, 0.25) is 10.0 Å². The minimum Gasteiger partial charge on any atom is -0.208 e. The lowest BCUT2D eigenvalue weighted by molar-refractivity contribution is 0.471. The molecule has 0 bridgehead atoms. The van der Waals surface area contributed by atoms with Crippen LogP contribution in [0.25, 0.3) is 0 Å². The van der Waals surface area contributed by atoms with Gasteiger partial charge in [-0.1, -0.05) is 6.07 Å². The van der Waals surface area contributed by atoms with Crippen LogP contribution >= 0.6 is 0 Å². The highest BCUT2D eigenvalue weighted by Crippen LogP contribution is 2.45. The number of sulfonamides is 1. The molecule has 0 heterocycles. The van der Waals surface area contributed by atoms with Crippen molar-refractivity contribution in [2.75, 3.05) is 0 Å². The van der Waals surface area contributed by atoms with Crippen molar-refractivity contribution < 1.29 is 8.42 Å². The maximum Gasteiger partial charge on any atom is 0.240 e. The van der Waals surface area contributed by atoms with E-state index in [2.05, 4.69) is 4.72 Å². The van der Waals surface area contributed by atoms with Crippen molar-refractivity contribution in [2.45, 2.75) is 55.9 Å². The molecule has 20 heavy (non-hydrogen) atoms. The molecule has 1 aromatic carbocycles. The molecule has 3 nitrogen and oxygen atoms in total. The summed E-state index contributed by atoms with van der Waals surface area (Å²) in [6.07, 6.45) is 8.02. The summed E-state index contributed by atoms with van der Waals surface area (Å²) in [5, 5.41) is 0. The van der Waals surface area contributed by atoms with E-state index >= 15 is 0 Å². The lowest BCUT2D eigenvalue weighted by atomic mass is 10.1. The number of nitrogens with one attached hydrogen (secondary N) is 1. The van der Waals surface area contributed by atoms with Crippen LogP contribution in [0.2, 0.25) is 0 Å². The molecule has 4 heteroatoms. The van der Waals surface area contributed by atoms with Crippen molar-refractivity contribution in [1.29, 1.82) is 0 Å².